The largest absolute Gasteiger partial charge is 0.0891 e. The smallest absolute Gasteiger partial charge is 0.0145 e. The van der Waals surface area contributed by atoms with Gasteiger partial charge in [0.25, 0.3) is 0 Å². The summed E-state index contributed by atoms with van der Waals surface area (Å²) in [6.07, 6.45) is 15.5. The summed E-state index contributed by atoms with van der Waals surface area (Å²) in [5.41, 5.74) is 0. The van der Waals surface area contributed by atoms with Crippen molar-refractivity contribution in [1.29, 1.82) is 0 Å². The molecule has 92 valence electrons. The Morgan fingerprint density at radius 3 is 1.73 bits per heavy atom. The molecule has 0 fully saturated rings. The van der Waals surface area contributed by atoms with Crippen LogP contribution >= 0.6 is 15.9 Å². The molecule has 0 rings (SSSR count). The monoisotopic (exact) mass is 276 g/mol. The lowest BCUT2D eigenvalue weighted by Gasteiger charge is -2.08. The quantitative estimate of drug-likeness (QED) is 0.317. The van der Waals surface area contributed by atoms with Gasteiger partial charge in [0.1, 0.15) is 0 Å². The second-order valence-corrected chi connectivity index (χ2v) is 5.94. The number of alkyl halides is 1. The van der Waals surface area contributed by atoms with E-state index in [1.807, 2.05) is 0 Å². The van der Waals surface area contributed by atoms with Crippen LogP contribution in [0.15, 0.2) is 0 Å². The average molecular weight is 277 g/mol. The highest BCUT2D eigenvalue weighted by Crippen LogP contribution is 2.18. The highest BCUT2D eigenvalue weighted by Gasteiger charge is 2.02. The SMILES string of the molecule is CCCCCCCCCC(Br)CCCC. The van der Waals surface area contributed by atoms with Crippen LogP contribution in [-0.2, 0) is 0 Å². The molecule has 1 unspecified atom stereocenters. The third-order valence-electron chi connectivity index (χ3n) is 2.99. The van der Waals surface area contributed by atoms with Gasteiger partial charge in [0, 0.05) is 4.83 Å². The molecular weight excluding hydrogens is 248 g/mol. The first kappa shape index (κ1) is 15.5. The zero-order valence-corrected chi connectivity index (χ0v) is 12.3. The predicted molar refractivity (Wildman–Crippen MR) is 74.9 cm³/mol. The molecule has 15 heavy (non-hydrogen) atoms. The summed E-state index contributed by atoms with van der Waals surface area (Å²) in [6, 6.07) is 0. The van der Waals surface area contributed by atoms with Crippen molar-refractivity contribution in [2.75, 3.05) is 0 Å². The van der Waals surface area contributed by atoms with Gasteiger partial charge in [0.2, 0.25) is 0 Å². The normalized spacial score (nSPS) is 13.0. The van der Waals surface area contributed by atoms with Crippen molar-refractivity contribution in [3.63, 3.8) is 0 Å². The van der Waals surface area contributed by atoms with Crippen LogP contribution in [0.1, 0.15) is 84.5 Å². The highest BCUT2D eigenvalue weighted by atomic mass is 79.9. The molecule has 1 heteroatoms. The van der Waals surface area contributed by atoms with Crippen molar-refractivity contribution in [3.05, 3.63) is 0 Å². The topological polar surface area (TPSA) is 0 Å². The van der Waals surface area contributed by atoms with Gasteiger partial charge >= 0.3 is 0 Å². The standard InChI is InChI=1S/C14H29Br/c1-3-5-7-8-9-10-11-13-14(15)12-6-4-2/h14H,3-13H2,1-2H3. The fourth-order valence-corrected chi connectivity index (χ4v) is 2.54. The molecule has 0 saturated heterocycles. The van der Waals surface area contributed by atoms with E-state index in [1.54, 1.807) is 0 Å². The Hall–Kier alpha value is 0.480. The summed E-state index contributed by atoms with van der Waals surface area (Å²) < 4.78 is 0. The van der Waals surface area contributed by atoms with Crippen molar-refractivity contribution in [2.45, 2.75) is 89.3 Å². The molecule has 0 amide bonds. The first-order chi connectivity index (χ1) is 7.31. The van der Waals surface area contributed by atoms with E-state index in [4.69, 9.17) is 0 Å². The second kappa shape index (κ2) is 12.5. The van der Waals surface area contributed by atoms with Crippen LogP contribution in [0.25, 0.3) is 0 Å². The Morgan fingerprint density at radius 2 is 1.13 bits per heavy atom. The molecule has 0 aromatic heterocycles. The van der Waals surface area contributed by atoms with Crippen LogP contribution in [0.5, 0.6) is 0 Å². The van der Waals surface area contributed by atoms with Gasteiger partial charge in [-0.05, 0) is 12.8 Å². The molecule has 0 aliphatic heterocycles. The summed E-state index contributed by atoms with van der Waals surface area (Å²) in [5, 5.41) is 0. The fourth-order valence-electron chi connectivity index (χ4n) is 1.89. The van der Waals surface area contributed by atoms with Crippen molar-refractivity contribution in [3.8, 4) is 0 Å². The van der Waals surface area contributed by atoms with Gasteiger partial charge in [-0.2, -0.15) is 0 Å². The Balaban J connectivity index is 3.02. The van der Waals surface area contributed by atoms with Gasteiger partial charge in [-0.15, -0.1) is 0 Å². The van der Waals surface area contributed by atoms with Crippen molar-refractivity contribution in [2.24, 2.45) is 0 Å². The van der Waals surface area contributed by atoms with E-state index in [0.29, 0.717) is 0 Å². The van der Waals surface area contributed by atoms with E-state index in [1.165, 1.54) is 70.6 Å². The summed E-state index contributed by atoms with van der Waals surface area (Å²) in [5.74, 6) is 0. The molecule has 0 aromatic rings. The van der Waals surface area contributed by atoms with Crippen molar-refractivity contribution >= 4 is 15.9 Å². The third kappa shape index (κ3) is 12.4. The number of hydrogen-bond acceptors (Lipinski definition) is 0. The van der Waals surface area contributed by atoms with Crippen LogP contribution in [-0.4, -0.2) is 4.83 Å². The van der Waals surface area contributed by atoms with Gasteiger partial charge in [-0.3, -0.25) is 0 Å². The molecular formula is C14H29Br. The van der Waals surface area contributed by atoms with Crippen molar-refractivity contribution < 1.29 is 0 Å². The van der Waals surface area contributed by atoms with E-state index in [0.717, 1.165) is 4.83 Å². The Labute approximate surface area is 105 Å². The highest BCUT2D eigenvalue weighted by molar-refractivity contribution is 9.09. The molecule has 0 aromatic carbocycles. The Kier molecular flexibility index (Phi) is 13.0. The number of hydrogen-bond donors (Lipinski definition) is 0. The van der Waals surface area contributed by atoms with Gasteiger partial charge in [-0.1, -0.05) is 87.6 Å². The first-order valence-corrected chi connectivity index (χ1v) is 7.86. The van der Waals surface area contributed by atoms with Crippen molar-refractivity contribution in [1.82, 2.24) is 0 Å². The second-order valence-electron chi connectivity index (χ2n) is 4.65. The molecule has 0 bridgehead atoms. The lowest BCUT2D eigenvalue weighted by Crippen LogP contribution is -1.97. The van der Waals surface area contributed by atoms with Crippen LogP contribution < -0.4 is 0 Å². The zero-order valence-electron chi connectivity index (χ0n) is 10.7. The molecule has 0 aliphatic rings. The number of halogens is 1. The first-order valence-electron chi connectivity index (χ1n) is 6.95. The van der Waals surface area contributed by atoms with Gasteiger partial charge in [-0.25, -0.2) is 0 Å². The van der Waals surface area contributed by atoms with E-state index in [-0.39, 0.29) is 0 Å². The minimum absolute atomic E-state index is 0.785. The lowest BCUT2D eigenvalue weighted by molar-refractivity contribution is 0.557. The summed E-state index contributed by atoms with van der Waals surface area (Å²) in [7, 11) is 0. The van der Waals surface area contributed by atoms with Crippen LogP contribution in [0.3, 0.4) is 0 Å². The van der Waals surface area contributed by atoms with E-state index in [9.17, 15) is 0 Å². The minimum Gasteiger partial charge on any atom is -0.0891 e. The van der Waals surface area contributed by atoms with Gasteiger partial charge in [0.05, 0.1) is 0 Å². The average Bonchev–Trinajstić information content (AvgIpc) is 2.25. The fraction of sp³-hybridized carbons (Fsp3) is 1.00. The molecule has 0 saturated carbocycles. The Morgan fingerprint density at radius 1 is 0.667 bits per heavy atom. The third-order valence-corrected chi connectivity index (χ3v) is 3.91. The van der Waals surface area contributed by atoms with Crippen LogP contribution in [0.2, 0.25) is 0 Å². The predicted octanol–water partition coefficient (Wildman–Crippen LogP) is 6.08. The maximum atomic E-state index is 3.77. The lowest BCUT2D eigenvalue weighted by atomic mass is 10.1. The van der Waals surface area contributed by atoms with E-state index < -0.39 is 0 Å². The number of unbranched alkanes of at least 4 members (excludes halogenated alkanes) is 7. The summed E-state index contributed by atoms with van der Waals surface area (Å²) >= 11 is 3.77. The molecule has 0 N–H and O–H groups in total. The zero-order chi connectivity index (χ0) is 11.4. The number of rotatable bonds is 11. The van der Waals surface area contributed by atoms with E-state index >= 15 is 0 Å². The Bertz CT molecular complexity index is 112. The maximum Gasteiger partial charge on any atom is 0.0145 e. The maximum absolute atomic E-state index is 3.77. The van der Waals surface area contributed by atoms with Crippen LogP contribution in [0.4, 0.5) is 0 Å². The molecule has 0 radical (unpaired) electrons. The minimum atomic E-state index is 0.785. The molecule has 0 heterocycles. The van der Waals surface area contributed by atoms with Gasteiger partial charge < -0.3 is 0 Å². The van der Waals surface area contributed by atoms with Gasteiger partial charge in [0.15, 0.2) is 0 Å². The summed E-state index contributed by atoms with van der Waals surface area (Å²) in [4.78, 5) is 0.785. The molecule has 0 nitrogen and oxygen atoms in total. The molecule has 0 aliphatic carbocycles. The van der Waals surface area contributed by atoms with Crippen LogP contribution in [0, 0.1) is 0 Å². The summed E-state index contributed by atoms with van der Waals surface area (Å²) in [6.45, 7) is 4.55. The molecule has 0 spiro atoms. The van der Waals surface area contributed by atoms with E-state index in [2.05, 4.69) is 29.8 Å². The molecule has 1 atom stereocenters.